The van der Waals surface area contributed by atoms with E-state index in [0.717, 1.165) is 38.3 Å². The highest BCUT2D eigenvalue weighted by molar-refractivity contribution is 5.87. The van der Waals surface area contributed by atoms with E-state index in [4.69, 9.17) is 5.11 Å². The van der Waals surface area contributed by atoms with Crippen molar-refractivity contribution in [3.05, 3.63) is 34.9 Å². The van der Waals surface area contributed by atoms with Gasteiger partial charge in [-0.15, -0.1) is 0 Å². The SMILES string of the molecule is O=C(O)c1cc(F)c(CCN2CCNCC2)c(F)c1. The van der Waals surface area contributed by atoms with Gasteiger partial charge in [-0.25, -0.2) is 13.6 Å². The van der Waals surface area contributed by atoms with E-state index in [1.165, 1.54) is 0 Å². The Kier molecular flexibility index (Phi) is 4.44. The maximum atomic E-state index is 13.7. The summed E-state index contributed by atoms with van der Waals surface area (Å²) in [5, 5.41) is 11.9. The predicted molar refractivity (Wildman–Crippen MR) is 66.3 cm³/mol. The number of carboxylic acid groups (broad SMARTS) is 1. The number of rotatable bonds is 4. The average Bonchev–Trinajstić information content (AvgIpc) is 2.38. The molecule has 0 bridgehead atoms. The quantitative estimate of drug-likeness (QED) is 0.860. The number of carboxylic acids is 1. The van der Waals surface area contributed by atoms with Gasteiger partial charge in [0.05, 0.1) is 5.56 Å². The standard InChI is InChI=1S/C13H16F2N2O2/c14-11-7-9(13(18)19)8-12(15)10(11)1-4-17-5-2-16-3-6-17/h7-8,16H,1-6H2,(H,18,19). The van der Waals surface area contributed by atoms with Gasteiger partial charge in [0.2, 0.25) is 0 Å². The second kappa shape index (κ2) is 6.08. The minimum atomic E-state index is -1.33. The summed E-state index contributed by atoms with van der Waals surface area (Å²) in [6.45, 7) is 4.04. The lowest BCUT2D eigenvalue weighted by molar-refractivity contribution is 0.0695. The molecule has 0 atom stereocenters. The van der Waals surface area contributed by atoms with Gasteiger partial charge in [-0.1, -0.05) is 0 Å². The molecule has 0 aromatic heterocycles. The zero-order valence-corrected chi connectivity index (χ0v) is 10.5. The van der Waals surface area contributed by atoms with Gasteiger partial charge in [0.25, 0.3) is 0 Å². The van der Waals surface area contributed by atoms with Gasteiger partial charge in [-0.3, -0.25) is 0 Å². The van der Waals surface area contributed by atoms with Gasteiger partial charge in [0.1, 0.15) is 11.6 Å². The molecule has 0 amide bonds. The highest BCUT2D eigenvalue weighted by atomic mass is 19.1. The Morgan fingerprint density at radius 1 is 1.26 bits per heavy atom. The number of nitrogens with one attached hydrogen (secondary N) is 1. The summed E-state index contributed by atoms with van der Waals surface area (Å²) in [6.07, 6.45) is 0.248. The number of aromatic carboxylic acids is 1. The van der Waals surface area contributed by atoms with Crippen LogP contribution in [0.4, 0.5) is 8.78 Å². The molecule has 1 aliphatic rings. The number of benzene rings is 1. The van der Waals surface area contributed by atoms with Gasteiger partial charge in [-0.2, -0.15) is 0 Å². The molecule has 0 unspecified atom stereocenters. The summed E-state index contributed by atoms with van der Waals surface area (Å²) in [4.78, 5) is 12.8. The molecule has 0 spiro atoms. The number of hydrogen-bond acceptors (Lipinski definition) is 3. The molecular weight excluding hydrogens is 254 g/mol. The minimum Gasteiger partial charge on any atom is -0.478 e. The fourth-order valence-electron chi connectivity index (χ4n) is 2.17. The number of nitrogens with zero attached hydrogens (tertiary/aromatic N) is 1. The van der Waals surface area contributed by atoms with Crippen LogP contribution in [0.5, 0.6) is 0 Å². The van der Waals surface area contributed by atoms with Crippen LogP contribution in [-0.4, -0.2) is 48.7 Å². The van der Waals surface area contributed by atoms with Crippen LogP contribution >= 0.6 is 0 Å². The number of hydrogen-bond donors (Lipinski definition) is 2. The van der Waals surface area contributed by atoms with Crippen molar-refractivity contribution >= 4 is 5.97 Å². The van der Waals surface area contributed by atoms with Crippen molar-refractivity contribution in [1.29, 1.82) is 0 Å². The summed E-state index contributed by atoms with van der Waals surface area (Å²) in [7, 11) is 0. The van der Waals surface area contributed by atoms with E-state index in [-0.39, 0.29) is 17.5 Å². The molecule has 0 aliphatic carbocycles. The van der Waals surface area contributed by atoms with Crippen LogP contribution in [0, 0.1) is 11.6 Å². The molecule has 104 valence electrons. The van der Waals surface area contributed by atoms with Crippen molar-refractivity contribution < 1.29 is 18.7 Å². The molecule has 1 fully saturated rings. The third-order valence-corrected chi connectivity index (χ3v) is 3.28. The molecule has 2 rings (SSSR count). The fraction of sp³-hybridized carbons (Fsp3) is 0.462. The molecule has 2 N–H and O–H groups in total. The van der Waals surface area contributed by atoms with E-state index >= 15 is 0 Å². The van der Waals surface area contributed by atoms with Crippen LogP contribution in [0.2, 0.25) is 0 Å². The monoisotopic (exact) mass is 270 g/mol. The highest BCUT2D eigenvalue weighted by Crippen LogP contribution is 2.16. The maximum Gasteiger partial charge on any atom is 0.335 e. The van der Waals surface area contributed by atoms with E-state index in [2.05, 4.69) is 10.2 Å². The molecule has 1 aromatic carbocycles. The van der Waals surface area contributed by atoms with Crippen LogP contribution in [0.3, 0.4) is 0 Å². The van der Waals surface area contributed by atoms with Crippen LogP contribution < -0.4 is 5.32 Å². The molecule has 19 heavy (non-hydrogen) atoms. The second-order valence-corrected chi connectivity index (χ2v) is 4.57. The van der Waals surface area contributed by atoms with Crippen molar-refractivity contribution in [2.45, 2.75) is 6.42 Å². The number of halogens is 2. The normalized spacial score (nSPS) is 16.5. The van der Waals surface area contributed by atoms with Gasteiger partial charge in [-0.05, 0) is 18.6 Å². The first kappa shape index (κ1) is 13.9. The lowest BCUT2D eigenvalue weighted by Gasteiger charge is -2.27. The first-order valence-corrected chi connectivity index (χ1v) is 6.22. The van der Waals surface area contributed by atoms with Crippen molar-refractivity contribution in [2.24, 2.45) is 0 Å². The molecule has 1 heterocycles. The van der Waals surface area contributed by atoms with E-state index in [0.29, 0.717) is 6.54 Å². The summed E-state index contributed by atoms with van der Waals surface area (Å²) < 4.78 is 27.4. The molecule has 0 radical (unpaired) electrons. The topological polar surface area (TPSA) is 52.6 Å². The third kappa shape index (κ3) is 3.48. The van der Waals surface area contributed by atoms with Gasteiger partial charge in [0, 0.05) is 38.3 Å². The van der Waals surface area contributed by atoms with Gasteiger partial charge in [0.15, 0.2) is 0 Å². The number of carbonyl (C=O) groups is 1. The van der Waals surface area contributed by atoms with Crippen LogP contribution in [-0.2, 0) is 6.42 Å². The second-order valence-electron chi connectivity index (χ2n) is 4.57. The maximum absolute atomic E-state index is 13.7. The van der Waals surface area contributed by atoms with Gasteiger partial charge >= 0.3 is 5.97 Å². The molecule has 0 saturated carbocycles. The first-order valence-electron chi connectivity index (χ1n) is 6.22. The first-order chi connectivity index (χ1) is 9.08. The van der Waals surface area contributed by atoms with Crippen molar-refractivity contribution in [3.8, 4) is 0 Å². The van der Waals surface area contributed by atoms with E-state index in [1.807, 2.05) is 0 Å². The molecule has 1 saturated heterocycles. The molecule has 1 aromatic rings. The van der Waals surface area contributed by atoms with Crippen LogP contribution in [0.15, 0.2) is 12.1 Å². The van der Waals surface area contributed by atoms with Crippen LogP contribution in [0.1, 0.15) is 15.9 Å². The summed E-state index contributed by atoms with van der Waals surface area (Å²) in [5.74, 6) is -2.90. The summed E-state index contributed by atoms with van der Waals surface area (Å²) >= 11 is 0. The highest BCUT2D eigenvalue weighted by Gasteiger charge is 2.16. The average molecular weight is 270 g/mol. The Bertz CT molecular complexity index is 451. The molecule has 6 heteroatoms. The Hall–Kier alpha value is -1.53. The lowest BCUT2D eigenvalue weighted by atomic mass is 10.1. The minimum absolute atomic E-state index is 0.0384. The molecule has 4 nitrogen and oxygen atoms in total. The van der Waals surface area contributed by atoms with E-state index < -0.39 is 17.6 Å². The summed E-state index contributed by atoms with van der Waals surface area (Å²) in [5.41, 5.74) is -0.399. The smallest absolute Gasteiger partial charge is 0.335 e. The van der Waals surface area contributed by atoms with Crippen molar-refractivity contribution in [1.82, 2.24) is 10.2 Å². The number of piperazine rings is 1. The zero-order valence-electron chi connectivity index (χ0n) is 10.5. The summed E-state index contributed by atoms with van der Waals surface area (Å²) in [6, 6.07) is 1.75. The largest absolute Gasteiger partial charge is 0.478 e. The zero-order chi connectivity index (χ0) is 13.8. The molecule has 1 aliphatic heterocycles. The van der Waals surface area contributed by atoms with Crippen LogP contribution in [0.25, 0.3) is 0 Å². The Labute approximate surface area is 110 Å². The van der Waals surface area contributed by atoms with E-state index in [1.54, 1.807) is 0 Å². The Balaban J connectivity index is 2.05. The van der Waals surface area contributed by atoms with E-state index in [9.17, 15) is 13.6 Å². The fourth-order valence-corrected chi connectivity index (χ4v) is 2.17. The van der Waals surface area contributed by atoms with Crippen molar-refractivity contribution in [3.63, 3.8) is 0 Å². The lowest BCUT2D eigenvalue weighted by Crippen LogP contribution is -2.44. The predicted octanol–water partition coefficient (Wildman–Crippen LogP) is 1.11. The Morgan fingerprint density at radius 3 is 2.37 bits per heavy atom. The van der Waals surface area contributed by atoms with Gasteiger partial charge < -0.3 is 15.3 Å². The molecular formula is C13H16F2N2O2. The van der Waals surface area contributed by atoms with Crippen molar-refractivity contribution in [2.75, 3.05) is 32.7 Å². The Morgan fingerprint density at radius 2 is 1.84 bits per heavy atom. The third-order valence-electron chi connectivity index (χ3n) is 3.28.